The molecule has 0 unspecified atom stereocenters. The minimum atomic E-state index is -0.0309. The molecule has 3 rings (SSSR count). The Hall–Kier alpha value is -1.65. The normalized spacial score (nSPS) is 10.5. The van der Waals surface area contributed by atoms with E-state index in [4.69, 9.17) is 5.26 Å². The highest BCUT2D eigenvalue weighted by Gasteiger charge is 2.17. The number of fused-ring (bicyclic) bond motifs is 1. The van der Waals surface area contributed by atoms with Crippen LogP contribution >= 0.6 is 38.5 Å². The summed E-state index contributed by atoms with van der Waals surface area (Å²) in [6.07, 6.45) is 1.70. The average Bonchev–Trinajstić information content (AvgIpc) is 2.91. The summed E-state index contributed by atoms with van der Waals surface area (Å²) in [7, 11) is 0. The quantitative estimate of drug-likeness (QED) is 0.456. The summed E-state index contributed by atoms with van der Waals surface area (Å²) >= 11 is 5.55. The van der Waals surface area contributed by atoms with E-state index in [1.165, 1.54) is 0 Å². The molecule has 3 aromatic rings. The van der Waals surface area contributed by atoms with Gasteiger partial charge in [-0.15, -0.1) is 0 Å². The predicted octanol–water partition coefficient (Wildman–Crippen LogP) is 4.64. The fourth-order valence-corrected chi connectivity index (χ4v) is 3.14. The van der Waals surface area contributed by atoms with Gasteiger partial charge >= 0.3 is 0 Å². The molecule has 0 aliphatic rings. The standard InChI is InChI=1S/C16H8BrIN2O/c17-10-2-4-14(18)12(6-10)16(21)13-8-20-15-5-9(7-19)1-3-11(13)15/h1-6,8,20H. The first kappa shape index (κ1) is 14.3. The topological polar surface area (TPSA) is 56.6 Å². The van der Waals surface area contributed by atoms with E-state index in [0.29, 0.717) is 16.7 Å². The second-order valence-electron chi connectivity index (χ2n) is 4.53. The molecule has 0 aliphatic heterocycles. The lowest BCUT2D eigenvalue weighted by molar-refractivity contribution is 0.103. The average molecular weight is 451 g/mol. The third-order valence-corrected chi connectivity index (χ3v) is 4.66. The van der Waals surface area contributed by atoms with Crippen LogP contribution in [0.2, 0.25) is 0 Å². The number of nitrogens with one attached hydrogen (secondary N) is 1. The molecule has 2 aromatic carbocycles. The number of hydrogen-bond donors (Lipinski definition) is 1. The Morgan fingerprint density at radius 3 is 2.76 bits per heavy atom. The zero-order chi connectivity index (χ0) is 15.0. The molecule has 0 atom stereocenters. The van der Waals surface area contributed by atoms with Gasteiger partial charge in [-0.2, -0.15) is 5.26 Å². The van der Waals surface area contributed by atoms with Crippen molar-refractivity contribution in [2.45, 2.75) is 0 Å². The Kier molecular flexibility index (Phi) is 3.83. The van der Waals surface area contributed by atoms with Gasteiger partial charge in [0.05, 0.1) is 11.6 Å². The number of rotatable bonds is 2. The Labute approximate surface area is 143 Å². The highest BCUT2D eigenvalue weighted by Crippen LogP contribution is 2.26. The number of aromatic nitrogens is 1. The molecule has 0 amide bonds. The molecule has 3 nitrogen and oxygen atoms in total. The number of nitrogens with zero attached hydrogens (tertiary/aromatic N) is 1. The largest absolute Gasteiger partial charge is 0.360 e. The number of carbonyl (C=O) groups excluding carboxylic acids is 1. The number of benzene rings is 2. The third-order valence-electron chi connectivity index (χ3n) is 3.23. The Bertz CT molecular complexity index is 908. The van der Waals surface area contributed by atoms with Crippen molar-refractivity contribution >= 4 is 55.2 Å². The molecule has 1 N–H and O–H groups in total. The van der Waals surface area contributed by atoms with Crippen molar-refractivity contribution in [1.29, 1.82) is 5.26 Å². The van der Waals surface area contributed by atoms with Crippen LogP contribution in [0.3, 0.4) is 0 Å². The zero-order valence-corrected chi connectivity index (χ0v) is 14.4. The molecule has 1 aromatic heterocycles. The van der Waals surface area contributed by atoms with Crippen LogP contribution < -0.4 is 0 Å². The lowest BCUT2D eigenvalue weighted by atomic mass is 10.0. The van der Waals surface area contributed by atoms with E-state index in [1.807, 2.05) is 24.3 Å². The Morgan fingerprint density at radius 2 is 2.00 bits per heavy atom. The fraction of sp³-hybridized carbons (Fsp3) is 0. The van der Waals surface area contributed by atoms with E-state index in [-0.39, 0.29) is 5.78 Å². The van der Waals surface area contributed by atoms with Gasteiger partial charge in [0.15, 0.2) is 5.78 Å². The molecular weight excluding hydrogens is 443 g/mol. The first-order chi connectivity index (χ1) is 10.1. The van der Waals surface area contributed by atoms with Gasteiger partial charge in [-0.05, 0) is 52.9 Å². The number of H-pyrrole nitrogens is 1. The summed E-state index contributed by atoms with van der Waals surface area (Å²) in [6, 6.07) is 13.0. The van der Waals surface area contributed by atoms with E-state index < -0.39 is 0 Å². The van der Waals surface area contributed by atoms with Crippen molar-refractivity contribution in [3.8, 4) is 6.07 Å². The summed E-state index contributed by atoms with van der Waals surface area (Å²) in [5.41, 5.74) is 2.64. The van der Waals surface area contributed by atoms with Crippen molar-refractivity contribution in [1.82, 2.24) is 4.98 Å². The predicted molar refractivity (Wildman–Crippen MR) is 93.3 cm³/mol. The number of nitriles is 1. The number of ketones is 1. The van der Waals surface area contributed by atoms with Crippen molar-refractivity contribution in [2.75, 3.05) is 0 Å². The van der Waals surface area contributed by atoms with Gasteiger partial charge in [-0.3, -0.25) is 4.79 Å². The number of carbonyl (C=O) groups is 1. The molecule has 0 saturated carbocycles. The van der Waals surface area contributed by atoms with Crippen LogP contribution in [-0.2, 0) is 0 Å². The number of hydrogen-bond acceptors (Lipinski definition) is 2. The van der Waals surface area contributed by atoms with Crippen LogP contribution in [0.1, 0.15) is 21.5 Å². The van der Waals surface area contributed by atoms with Gasteiger partial charge in [0, 0.05) is 36.3 Å². The molecule has 0 saturated heterocycles. The smallest absolute Gasteiger partial charge is 0.196 e. The zero-order valence-electron chi connectivity index (χ0n) is 10.7. The highest BCUT2D eigenvalue weighted by atomic mass is 127. The maximum atomic E-state index is 12.7. The molecule has 0 fully saturated rings. The molecule has 102 valence electrons. The highest BCUT2D eigenvalue weighted by molar-refractivity contribution is 14.1. The third kappa shape index (κ3) is 2.61. The van der Waals surface area contributed by atoms with Crippen molar-refractivity contribution in [3.63, 3.8) is 0 Å². The SMILES string of the molecule is N#Cc1ccc2c(C(=O)c3cc(Br)ccc3I)c[nH]c2c1. The molecule has 0 spiro atoms. The van der Waals surface area contributed by atoms with E-state index in [0.717, 1.165) is 18.9 Å². The minimum absolute atomic E-state index is 0.0309. The summed E-state index contributed by atoms with van der Waals surface area (Å²) in [4.78, 5) is 15.8. The molecule has 0 bridgehead atoms. The lowest BCUT2D eigenvalue weighted by Gasteiger charge is -2.04. The second-order valence-corrected chi connectivity index (χ2v) is 6.61. The van der Waals surface area contributed by atoms with Crippen LogP contribution in [0.15, 0.2) is 47.1 Å². The van der Waals surface area contributed by atoms with Crippen LogP contribution in [0.25, 0.3) is 10.9 Å². The van der Waals surface area contributed by atoms with Crippen molar-refractivity contribution in [3.05, 3.63) is 67.3 Å². The monoisotopic (exact) mass is 450 g/mol. The van der Waals surface area contributed by atoms with Crippen LogP contribution in [-0.4, -0.2) is 10.8 Å². The van der Waals surface area contributed by atoms with E-state index in [9.17, 15) is 4.79 Å². The van der Waals surface area contributed by atoms with E-state index in [2.05, 4.69) is 49.6 Å². The van der Waals surface area contributed by atoms with Gasteiger partial charge in [0.2, 0.25) is 0 Å². The van der Waals surface area contributed by atoms with Gasteiger partial charge in [0.25, 0.3) is 0 Å². The van der Waals surface area contributed by atoms with E-state index >= 15 is 0 Å². The molecule has 0 aliphatic carbocycles. The second kappa shape index (κ2) is 5.62. The number of aromatic amines is 1. The Morgan fingerprint density at radius 1 is 1.19 bits per heavy atom. The van der Waals surface area contributed by atoms with Gasteiger partial charge in [-0.1, -0.05) is 22.0 Å². The first-order valence-corrected chi connectivity index (χ1v) is 7.98. The minimum Gasteiger partial charge on any atom is -0.360 e. The maximum Gasteiger partial charge on any atom is 0.196 e. The van der Waals surface area contributed by atoms with Crippen LogP contribution in [0.4, 0.5) is 0 Å². The first-order valence-electron chi connectivity index (χ1n) is 6.11. The Balaban J connectivity index is 2.14. The van der Waals surface area contributed by atoms with Crippen LogP contribution in [0, 0.1) is 14.9 Å². The molecule has 1 heterocycles. The molecular formula is C16H8BrIN2O. The summed E-state index contributed by atoms with van der Waals surface area (Å²) in [5.74, 6) is -0.0309. The van der Waals surface area contributed by atoms with Crippen LogP contribution in [0.5, 0.6) is 0 Å². The molecule has 0 radical (unpaired) electrons. The maximum absolute atomic E-state index is 12.7. The summed E-state index contributed by atoms with van der Waals surface area (Å²) in [6.45, 7) is 0. The molecule has 5 heteroatoms. The van der Waals surface area contributed by atoms with Gasteiger partial charge < -0.3 is 4.98 Å². The fourth-order valence-electron chi connectivity index (χ4n) is 2.20. The van der Waals surface area contributed by atoms with Gasteiger partial charge in [-0.25, -0.2) is 0 Å². The van der Waals surface area contributed by atoms with Crippen molar-refractivity contribution in [2.24, 2.45) is 0 Å². The summed E-state index contributed by atoms with van der Waals surface area (Å²) < 4.78 is 1.78. The molecule has 21 heavy (non-hydrogen) atoms. The van der Waals surface area contributed by atoms with E-state index in [1.54, 1.807) is 18.3 Å². The summed E-state index contributed by atoms with van der Waals surface area (Å²) in [5, 5.41) is 9.75. The number of halogens is 2. The van der Waals surface area contributed by atoms with Crippen molar-refractivity contribution < 1.29 is 4.79 Å². The van der Waals surface area contributed by atoms with Gasteiger partial charge in [0.1, 0.15) is 0 Å². The lowest BCUT2D eigenvalue weighted by Crippen LogP contribution is -2.03.